The molecular weight excluding hydrogens is 349 g/mol. The molecule has 8 heteroatoms. The van der Waals surface area contributed by atoms with E-state index >= 15 is 0 Å². The molecule has 1 aliphatic heterocycles. The lowest BCUT2D eigenvalue weighted by molar-refractivity contribution is 0.139. The number of piperazine rings is 1. The van der Waals surface area contributed by atoms with Crippen molar-refractivity contribution in [2.24, 2.45) is 0 Å². The van der Waals surface area contributed by atoms with Crippen LogP contribution in [0, 0.1) is 5.82 Å². The van der Waals surface area contributed by atoms with Gasteiger partial charge < -0.3 is 15.3 Å². The zero-order valence-electron chi connectivity index (χ0n) is 15.1. The summed E-state index contributed by atoms with van der Waals surface area (Å²) in [6.07, 6.45) is 5.98. The minimum absolute atomic E-state index is 0.143. The summed E-state index contributed by atoms with van der Waals surface area (Å²) in [7, 11) is 0. The van der Waals surface area contributed by atoms with Gasteiger partial charge in [-0.05, 0) is 11.6 Å². The van der Waals surface area contributed by atoms with E-state index in [1.807, 2.05) is 0 Å². The Balaban J connectivity index is 1.40. The molecule has 2 heterocycles. The fourth-order valence-electron chi connectivity index (χ4n) is 3.02. The maximum absolute atomic E-state index is 13.7. The molecule has 0 aliphatic carbocycles. The van der Waals surface area contributed by atoms with Crippen molar-refractivity contribution >= 4 is 6.03 Å². The Labute approximate surface area is 157 Å². The molecule has 0 radical (unpaired) electrons. The van der Waals surface area contributed by atoms with Crippen LogP contribution in [0.15, 0.2) is 36.8 Å². The number of halogens is 1. The van der Waals surface area contributed by atoms with Crippen LogP contribution in [0.2, 0.25) is 0 Å². The average molecular weight is 373 g/mol. The van der Waals surface area contributed by atoms with Crippen LogP contribution in [-0.2, 0) is 19.6 Å². The number of urea groups is 1. The highest BCUT2D eigenvalue weighted by Gasteiger charge is 2.20. The van der Waals surface area contributed by atoms with Crippen LogP contribution in [0.5, 0.6) is 0 Å². The highest BCUT2D eigenvalue weighted by atomic mass is 19.1. The molecular formula is C19H24FN5O2. The fraction of sp³-hybridized carbons (Fsp3) is 0.421. The van der Waals surface area contributed by atoms with Crippen LogP contribution in [0.1, 0.15) is 16.8 Å². The molecule has 2 amide bonds. The SMILES string of the molecule is O=C(NCc1ccc(CO)c(F)c1)N1CCN(CCc2cnccn2)CC1. The van der Waals surface area contributed by atoms with Gasteiger partial charge in [0, 0.05) is 69.8 Å². The maximum atomic E-state index is 13.7. The minimum Gasteiger partial charge on any atom is -0.392 e. The second-order valence-corrected chi connectivity index (χ2v) is 6.52. The van der Waals surface area contributed by atoms with Crippen molar-refractivity contribution in [2.45, 2.75) is 19.6 Å². The lowest BCUT2D eigenvalue weighted by Gasteiger charge is -2.34. The van der Waals surface area contributed by atoms with E-state index in [4.69, 9.17) is 5.11 Å². The van der Waals surface area contributed by atoms with Crippen molar-refractivity contribution in [3.8, 4) is 0 Å². The number of aromatic nitrogens is 2. The molecule has 0 unspecified atom stereocenters. The highest BCUT2D eigenvalue weighted by Crippen LogP contribution is 2.11. The molecule has 7 nitrogen and oxygen atoms in total. The second-order valence-electron chi connectivity index (χ2n) is 6.52. The predicted octanol–water partition coefficient (Wildman–Crippen LogP) is 1.18. The minimum atomic E-state index is -0.457. The number of hydrogen-bond acceptors (Lipinski definition) is 5. The summed E-state index contributed by atoms with van der Waals surface area (Å²) in [5.41, 5.74) is 1.89. The summed E-state index contributed by atoms with van der Waals surface area (Å²) in [6, 6.07) is 4.44. The summed E-state index contributed by atoms with van der Waals surface area (Å²) in [5, 5.41) is 11.8. The first-order valence-corrected chi connectivity index (χ1v) is 9.04. The lowest BCUT2D eigenvalue weighted by Crippen LogP contribution is -2.51. The molecule has 2 N–H and O–H groups in total. The van der Waals surface area contributed by atoms with Crippen LogP contribution in [0.25, 0.3) is 0 Å². The lowest BCUT2D eigenvalue weighted by atomic mass is 10.1. The van der Waals surface area contributed by atoms with Crippen molar-refractivity contribution in [3.05, 3.63) is 59.4 Å². The van der Waals surface area contributed by atoms with Crippen LogP contribution < -0.4 is 5.32 Å². The standard InChI is InChI=1S/C19H24FN5O2/c20-18-11-15(1-2-16(18)14-26)12-23-19(27)25-9-7-24(8-10-25)6-3-17-13-21-4-5-22-17/h1-2,4-5,11,13,26H,3,6-10,12,14H2,(H,23,27). The van der Waals surface area contributed by atoms with E-state index in [1.165, 1.54) is 12.1 Å². The highest BCUT2D eigenvalue weighted by molar-refractivity contribution is 5.74. The molecule has 1 fully saturated rings. The first-order valence-electron chi connectivity index (χ1n) is 9.04. The van der Waals surface area contributed by atoms with Gasteiger partial charge in [0.15, 0.2) is 0 Å². The van der Waals surface area contributed by atoms with Gasteiger partial charge in [-0.1, -0.05) is 12.1 Å². The number of aliphatic hydroxyl groups is 1. The van der Waals surface area contributed by atoms with Crippen molar-refractivity contribution < 1.29 is 14.3 Å². The first-order chi connectivity index (χ1) is 13.2. The van der Waals surface area contributed by atoms with E-state index in [9.17, 15) is 9.18 Å². The second kappa shape index (κ2) is 9.38. The largest absolute Gasteiger partial charge is 0.392 e. The molecule has 0 saturated carbocycles. The topological polar surface area (TPSA) is 81.6 Å². The van der Waals surface area contributed by atoms with E-state index in [0.717, 1.165) is 31.7 Å². The number of nitrogens with one attached hydrogen (secondary N) is 1. The molecule has 1 aliphatic rings. The van der Waals surface area contributed by atoms with Crippen molar-refractivity contribution in [1.29, 1.82) is 0 Å². The van der Waals surface area contributed by atoms with Gasteiger partial charge in [-0.3, -0.25) is 14.9 Å². The Morgan fingerprint density at radius 2 is 2.04 bits per heavy atom. The molecule has 1 aromatic heterocycles. The Hall–Kier alpha value is -2.58. The number of nitrogens with zero attached hydrogens (tertiary/aromatic N) is 4. The third kappa shape index (κ3) is 5.45. The smallest absolute Gasteiger partial charge is 0.317 e. The molecule has 0 bridgehead atoms. The summed E-state index contributed by atoms with van der Waals surface area (Å²) in [6.45, 7) is 3.76. The number of carbonyl (C=O) groups excluding carboxylic acids is 1. The van der Waals surface area contributed by atoms with E-state index in [0.29, 0.717) is 18.7 Å². The van der Waals surface area contributed by atoms with Crippen molar-refractivity contribution in [2.75, 3.05) is 32.7 Å². The van der Waals surface area contributed by atoms with Gasteiger partial charge >= 0.3 is 6.03 Å². The zero-order chi connectivity index (χ0) is 19.1. The summed E-state index contributed by atoms with van der Waals surface area (Å²) >= 11 is 0. The average Bonchev–Trinajstić information content (AvgIpc) is 2.72. The summed E-state index contributed by atoms with van der Waals surface area (Å²) in [4.78, 5) is 24.7. The van der Waals surface area contributed by atoms with E-state index in [2.05, 4.69) is 20.2 Å². The number of aliphatic hydroxyl groups excluding tert-OH is 1. The number of carbonyl (C=O) groups is 1. The number of rotatable bonds is 6. The van der Waals surface area contributed by atoms with Crippen LogP contribution in [-0.4, -0.2) is 63.6 Å². The summed E-state index contributed by atoms with van der Waals surface area (Å²) < 4.78 is 13.7. The number of amides is 2. The molecule has 1 aromatic carbocycles. The molecule has 27 heavy (non-hydrogen) atoms. The van der Waals surface area contributed by atoms with Gasteiger partial charge in [0.25, 0.3) is 0 Å². The third-order valence-corrected chi connectivity index (χ3v) is 4.69. The van der Waals surface area contributed by atoms with Gasteiger partial charge in [-0.25, -0.2) is 9.18 Å². The molecule has 144 valence electrons. The molecule has 0 spiro atoms. The Morgan fingerprint density at radius 3 is 2.70 bits per heavy atom. The number of hydrogen-bond donors (Lipinski definition) is 2. The monoisotopic (exact) mass is 373 g/mol. The number of benzene rings is 1. The van der Waals surface area contributed by atoms with Gasteiger partial charge in [0.2, 0.25) is 0 Å². The third-order valence-electron chi connectivity index (χ3n) is 4.69. The maximum Gasteiger partial charge on any atom is 0.317 e. The predicted molar refractivity (Wildman–Crippen MR) is 98.3 cm³/mol. The van der Waals surface area contributed by atoms with E-state index < -0.39 is 5.82 Å². The molecule has 3 rings (SSSR count). The molecule has 0 atom stereocenters. The van der Waals surface area contributed by atoms with E-state index in [-0.39, 0.29) is 24.7 Å². The van der Waals surface area contributed by atoms with Crippen molar-refractivity contribution in [3.63, 3.8) is 0 Å². The Kier molecular flexibility index (Phi) is 6.67. The van der Waals surface area contributed by atoms with Crippen molar-refractivity contribution in [1.82, 2.24) is 25.1 Å². The molecule has 2 aromatic rings. The first kappa shape index (κ1) is 19.2. The Morgan fingerprint density at radius 1 is 1.22 bits per heavy atom. The quantitative estimate of drug-likeness (QED) is 0.795. The van der Waals surface area contributed by atoms with Gasteiger partial charge in [0.05, 0.1) is 12.3 Å². The van der Waals surface area contributed by atoms with Crippen LogP contribution >= 0.6 is 0 Å². The normalized spacial score (nSPS) is 15.0. The Bertz CT molecular complexity index is 751. The van der Waals surface area contributed by atoms with Gasteiger partial charge in [0.1, 0.15) is 5.82 Å². The van der Waals surface area contributed by atoms with Gasteiger partial charge in [-0.2, -0.15) is 0 Å². The molecule has 1 saturated heterocycles. The summed E-state index contributed by atoms with van der Waals surface area (Å²) in [5.74, 6) is -0.457. The van der Waals surface area contributed by atoms with Crippen LogP contribution in [0.4, 0.5) is 9.18 Å². The fourth-order valence-corrected chi connectivity index (χ4v) is 3.02. The van der Waals surface area contributed by atoms with Crippen LogP contribution in [0.3, 0.4) is 0 Å². The zero-order valence-corrected chi connectivity index (χ0v) is 15.1. The van der Waals surface area contributed by atoms with Gasteiger partial charge in [-0.15, -0.1) is 0 Å². The van der Waals surface area contributed by atoms with E-state index in [1.54, 1.807) is 29.6 Å².